The van der Waals surface area contributed by atoms with Crippen molar-refractivity contribution in [2.75, 3.05) is 18.4 Å². The average Bonchev–Trinajstić information content (AvgIpc) is 3.00. The van der Waals surface area contributed by atoms with Crippen molar-refractivity contribution in [3.05, 3.63) is 30.6 Å². The van der Waals surface area contributed by atoms with Gasteiger partial charge in [-0.05, 0) is 54.0 Å². The van der Waals surface area contributed by atoms with Crippen molar-refractivity contribution in [2.24, 2.45) is 0 Å². The minimum absolute atomic E-state index is 0.578. The van der Waals surface area contributed by atoms with Crippen LogP contribution in [0.15, 0.2) is 30.6 Å². The van der Waals surface area contributed by atoms with Crippen molar-refractivity contribution in [1.29, 1.82) is 0 Å². The summed E-state index contributed by atoms with van der Waals surface area (Å²) in [7, 11) is 0. The van der Waals surface area contributed by atoms with Crippen LogP contribution in [0.1, 0.15) is 19.3 Å². The Labute approximate surface area is 117 Å². The molecule has 0 bridgehead atoms. The Morgan fingerprint density at radius 1 is 1.10 bits per heavy atom. The van der Waals surface area contributed by atoms with Crippen LogP contribution in [-0.4, -0.2) is 50.3 Å². The van der Waals surface area contributed by atoms with Crippen LogP contribution in [0.25, 0.3) is 5.69 Å². The van der Waals surface area contributed by atoms with Crippen LogP contribution in [0.3, 0.4) is 0 Å². The van der Waals surface area contributed by atoms with Gasteiger partial charge >= 0.3 is 0 Å². The Morgan fingerprint density at radius 2 is 1.95 bits per heavy atom. The lowest BCUT2D eigenvalue weighted by Crippen LogP contribution is -2.27. The minimum atomic E-state index is 0.578. The highest BCUT2D eigenvalue weighted by Gasteiger charge is 2.34. The third-order valence-electron chi connectivity index (χ3n) is 4.13. The zero-order valence-corrected chi connectivity index (χ0v) is 11.3. The summed E-state index contributed by atoms with van der Waals surface area (Å²) in [5.41, 5.74) is 2.15. The Morgan fingerprint density at radius 3 is 2.65 bits per heavy atom. The van der Waals surface area contributed by atoms with Crippen molar-refractivity contribution >= 4 is 5.69 Å². The molecule has 1 aliphatic heterocycles. The Balaban J connectivity index is 1.39. The van der Waals surface area contributed by atoms with Crippen molar-refractivity contribution in [3.63, 3.8) is 0 Å². The molecule has 4 rings (SSSR count). The smallest absolute Gasteiger partial charge is 0.143 e. The van der Waals surface area contributed by atoms with Gasteiger partial charge in [-0.3, -0.25) is 4.90 Å². The van der Waals surface area contributed by atoms with Crippen LogP contribution in [0, 0.1) is 0 Å². The van der Waals surface area contributed by atoms with Crippen LogP contribution in [0.2, 0.25) is 0 Å². The lowest BCUT2D eigenvalue weighted by molar-refractivity contribution is 0.326. The molecule has 1 atom stereocenters. The predicted octanol–water partition coefficient (Wildman–Crippen LogP) is 1.31. The second kappa shape index (κ2) is 4.86. The summed E-state index contributed by atoms with van der Waals surface area (Å²) in [5.74, 6) is 0. The predicted molar refractivity (Wildman–Crippen MR) is 75.8 cm³/mol. The van der Waals surface area contributed by atoms with Gasteiger partial charge in [-0.1, -0.05) is 0 Å². The zero-order chi connectivity index (χ0) is 13.4. The van der Waals surface area contributed by atoms with Crippen LogP contribution >= 0.6 is 0 Å². The summed E-state index contributed by atoms with van der Waals surface area (Å²) >= 11 is 0. The van der Waals surface area contributed by atoms with Gasteiger partial charge in [0.05, 0.1) is 5.69 Å². The first kappa shape index (κ1) is 11.8. The van der Waals surface area contributed by atoms with Gasteiger partial charge in [0.1, 0.15) is 6.33 Å². The van der Waals surface area contributed by atoms with Gasteiger partial charge in [0.25, 0.3) is 0 Å². The lowest BCUT2D eigenvalue weighted by atomic mass is 10.2. The molecular weight excluding hydrogens is 252 g/mol. The molecule has 1 aromatic heterocycles. The Kier molecular flexibility index (Phi) is 2.88. The summed E-state index contributed by atoms with van der Waals surface area (Å²) < 4.78 is 1.66. The Hall–Kier alpha value is -1.95. The van der Waals surface area contributed by atoms with Gasteiger partial charge < -0.3 is 5.32 Å². The third kappa shape index (κ3) is 2.38. The van der Waals surface area contributed by atoms with Gasteiger partial charge in [0.2, 0.25) is 0 Å². The first-order valence-corrected chi connectivity index (χ1v) is 7.22. The summed E-state index contributed by atoms with van der Waals surface area (Å²) in [6.07, 6.45) is 5.64. The molecule has 2 heterocycles. The first-order chi connectivity index (χ1) is 9.88. The highest BCUT2D eigenvalue weighted by molar-refractivity contribution is 5.49. The number of tetrazole rings is 1. The highest BCUT2D eigenvalue weighted by atomic mass is 15.5. The molecule has 1 aromatic carbocycles. The van der Waals surface area contributed by atoms with Gasteiger partial charge in [0, 0.05) is 30.9 Å². The molecule has 1 unspecified atom stereocenters. The van der Waals surface area contributed by atoms with Crippen LogP contribution in [-0.2, 0) is 0 Å². The molecule has 104 valence electrons. The first-order valence-electron chi connectivity index (χ1n) is 7.22. The molecule has 0 spiro atoms. The van der Waals surface area contributed by atoms with E-state index in [4.69, 9.17) is 0 Å². The molecule has 1 aliphatic carbocycles. The average molecular weight is 270 g/mol. The molecule has 1 saturated heterocycles. The SMILES string of the molecule is c1cc(-n2cnnn2)ccc1NC1CCN(C2CC2)C1. The van der Waals surface area contributed by atoms with E-state index >= 15 is 0 Å². The number of hydrogen-bond donors (Lipinski definition) is 1. The summed E-state index contributed by atoms with van der Waals surface area (Å²) in [4.78, 5) is 2.62. The standard InChI is InChI=1S/C14H18N6/c1-3-14(20-10-15-17-18-20)4-2-11(1)16-12-7-8-19(9-12)13-5-6-13/h1-4,10,12-13,16H,5-9H2. The van der Waals surface area contributed by atoms with E-state index in [1.807, 2.05) is 12.1 Å². The van der Waals surface area contributed by atoms with E-state index in [9.17, 15) is 0 Å². The number of anilines is 1. The van der Waals surface area contributed by atoms with E-state index in [1.165, 1.54) is 38.0 Å². The van der Waals surface area contributed by atoms with E-state index in [-0.39, 0.29) is 0 Å². The molecule has 2 aromatic rings. The molecule has 0 amide bonds. The number of hydrogen-bond acceptors (Lipinski definition) is 5. The van der Waals surface area contributed by atoms with Crippen molar-refractivity contribution < 1.29 is 0 Å². The summed E-state index contributed by atoms with van der Waals surface area (Å²) in [6, 6.07) is 9.71. The van der Waals surface area contributed by atoms with E-state index < -0.39 is 0 Å². The fourth-order valence-corrected chi connectivity index (χ4v) is 2.90. The van der Waals surface area contributed by atoms with Crippen LogP contribution < -0.4 is 5.32 Å². The molecule has 1 N–H and O–H groups in total. The molecule has 20 heavy (non-hydrogen) atoms. The minimum Gasteiger partial charge on any atom is -0.381 e. The van der Waals surface area contributed by atoms with Gasteiger partial charge in [-0.25, -0.2) is 4.68 Å². The van der Waals surface area contributed by atoms with Crippen molar-refractivity contribution in [1.82, 2.24) is 25.1 Å². The number of benzene rings is 1. The summed E-state index contributed by atoms with van der Waals surface area (Å²) in [5, 5.41) is 14.8. The lowest BCUT2D eigenvalue weighted by Gasteiger charge is -2.16. The van der Waals surface area contributed by atoms with Gasteiger partial charge in [-0.15, -0.1) is 5.10 Å². The van der Waals surface area contributed by atoms with Crippen LogP contribution in [0.4, 0.5) is 5.69 Å². The zero-order valence-electron chi connectivity index (χ0n) is 11.3. The number of aromatic nitrogens is 4. The second-order valence-corrected chi connectivity index (χ2v) is 5.66. The van der Waals surface area contributed by atoms with E-state index in [0.29, 0.717) is 6.04 Å². The highest BCUT2D eigenvalue weighted by Crippen LogP contribution is 2.30. The molecular formula is C14H18N6. The number of likely N-dealkylation sites (tertiary alicyclic amines) is 1. The maximum Gasteiger partial charge on any atom is 0.143 e. The largest absolute Gasteiger partial charge is 0.381 e. The van der Waals surface area contributed by atoms with Crippen LogP contribution in [0.5, 0.6) is 0 Å². The van der Waals surface area contributed by atoms with E-state index in [0.717, 1.165) is 11.7 Å². The number of nitrogens with zero attached hydrogens (tertiary/aromatic N) is 5. The fourth-order valence-electron chi connectivity index (χ4n) is 2.90. The quantitative estimate of drug-likeness (QED) is 0.907. The Bertz CT molecular complexity index is 560. The van der Waals surface area contributed by atoms with Gasteiger partial charge in [-0.2, -0.15) is 0 Å². The maximum atomic E-state index is 3.88. The molecule has 6 nitrogen and oxygen atoms in total. The topological polar surface area (TPSA) is 58.9 Å². The summed E-state index contributed by atoms with van der Waals surface area (Å²) in [6.45, 7) is 2.42. The number of nitrogens with one attached hydrogen (secondary N) is 1. The van der Waals surface area contributed by atoms with E-state index in [1.54, 1.807) is 11.0 Å². The fraction of sp³-hybridized carbons (Fsp3) is 0.500. The normalized spacial score (nSPS) is 23.1. The van der Waals surface area contributed by atoms with Crippen molar-refractivity contribution in [3.8, 4) is 5.69 Å². The second-order valence-electron chi connectivity index (χ2n) is 5.66. The molecule has 1 saturated carbocycles. The molecule has 0 radical (unpaired) electrons. The molecule has 2 fully saturated rings. The number of rotatable bonds is 4. The monoisotopic (exact) mass is 270 g/mol. The van der Waals surface area contributed by atoms with Gasteiger partial charge in [0.15, 0.2) is 0 Å². The molecule has 6 heteroatoms. The van der Waals surface area contributed by atoms with Crippen molar-refractivity contribution in [2.45, 2.75) is 31.3 Å². The molecule has 2 aliphatic rings. The maximum absolute atomic E-state index is 3.88. The third-order valence-corrected chi connectivity index (χ3v) is 4.13. The van der Waals surface area contributed by atoms with E-state index in [2.05, 4.69) is 37.9 Å².